The van der Waals surface area contributed by atoms with E-state index in [9.17, 15) is 13.2 Å². The average molecular weight is 382 g/mol. The van der Waals surface area contributed by atoms with Crippen molar-refractivity contribution >= 4 is 15.7 Å². The van der Waals surface area contributed by atoms with Crippen LogP contribution in [0.15, 0.2) is 35.2 Å². The van der Waals surface area contributed by atoms with Crippen molar-refractivity contribution in [2.45, 2.75) is 63.6 Å². The summed E-state index contributed by atoms with van der Waals surface area (Å²) < 4.78 is 30.9. The van der Waals surface area contributed by atoms with Crippen molar-refractivity contribution in [1.29, 1.82) is 0 Å². The molecule has 1 saturated heterocycles. The Morgan fingerprint density at radius 2 is 1.92 bits per heavy atom. The van der Waals surface area contributed by atoms with E-state index in [1.165, 1.54) is 0 Å². The predicted octanol–water partition coefficient (Wildman–Crippen LogP) is 3.29. The van der Waals surface area contributed by atoms with E-state index in [1.807, 2.05) is 0 Å². The van der Waals surface area contributed by atoms with Crippen LogP contribution in [0, 0.1) is 5.92 Å². The van der Waals surface area contributed by atoms with Gasteiger partial charge in [-0.1, -0.05) is 51.8 Å². The Kier molecular flexibility index (Phi) is 7.65. The van der Waals surface area contributed by atoms with Gasteiger partial charge in [-0.25, -0.2) is 8.42 Å². The molecule has 6 heteroatoms. The molecule has 2 atom stereocenters. The van der Waals surface area contributed by atoms with Gasteiger partial charge in [-0.3, -0.25) is 4.79 Å². The molecule has 0 radical (unpaired) electrons. The summed E-state index contributed by atoms with van der Waals surface area (Å²) in [6.07, 6.45) is 3.18. The lowest BCUT2D eigenvalue weighted by atomic mass is 10.0. The summed E-state index contributed by atoms with van der Waals surface area (Å²) in [5.74, 6) is 0.0712. The molecule has 1 heterocycles. The number of rotatable bonds is 8. The fraction of sp³-hybridized carbons (Fsp3) is 0.650. The minimum absolute atomic E-state index is 0.0142. The summed E-state index contributed by atoms with van der Waals surface area (Å²) in [4.78, 5) is 14.7. The van der Waals surface area contributed by atoms with Crippen molar-refractivity contribution in [3.63, 3.8) is 0 Å². The van der Waals surface area contributed by atoms with E-state index in [4.69, 9.17) is 4.74 Å². The largest absolute Gasteiger partial charge is 0.371 e. The van der Waals surface area contributed by atoms with E-state index in [2.05, 4.69) is 20.8 Å². The van der Waals surface area contributed by atoms with Crippen LogP contribution >= 0.6 is 0 Å². The van der Waals surface area contributed by atoms with E-state index >= 15 is 0 Å². The van der Waals surface area contributed by atoms with Gasteiger partial charge in [0.1, 0.15) is 0 Å². The first-order valence-electron chi connectivity index (χ1n) is 9.54. The van der Waals surface area contributed by atoms with Gasteiger partial charge in [0.25, 0.3) is 0 Å². The molecule has 0 unspecified atom stereocenters. The van der Waals surface area contributed by atoms with Crippen LogP contribution in [0.25, 0.3) is 0 Å². The number of amides is 1. The molecular formula is C20H31NO4S. The lowest BCUT2D eigenvalue weighted by Crippen LogP contribution is -2.51. The number of nitrogens with zero attached hydrogens (tertiary/aromatic N) is 1. The molecule has 1 fully saturated rings. The molecule has 0 bridgehead atoms. The Balaban J connectivity index is 1.98. The van der Waals surface area contributed by atoms with Crippen LogP contribution in [-0.2, 0) is 19.4 Å². The number of ether oxygens (including phenoxy) is 1. The number of benzene rings is 1. The first kappa shape index (κ1) is 20.9. The molecule has 2 rings (SSSR count). The van der Waals surface area contributed by atoms with Crippen LogP contribution in [-0.4, -0.2) is 50.3 Å². The fourth-order valence-corrected chi connectivity index (χ4v) is 4.41. The highest BCUT2D eigenvalue weighted by molar-refractivity contribution is 7.91. The predicted molar refractivity (Wildman–Crippen MR) is 103 cm³/mol. The maximum atomic E-state index is 12.7. The zero-order valence-corrected chi connectivity index (χ0v) is 16.9. The standard InChI is InChI=1S/C20H31NO4S/c1-4-5-9-17-14-21(15-19(25-17)16(2)3)20(22)12-13-26(23,24)18-10-7-6-8-11-18/h6-8,10-11,16-17,19H,4-5,9,12-15H2,1-3H3/t17-,19-/m1/s1. The van der Waals surface area contributed by atoms with Gasteiger partial charge in [-0.15, -0.1) is 0 Å². The Labute approximate surface area is 157 Å². The molecule has 0 aromatic heterocycles. The molecule has 0 saturated carbocycles. The zero-order valence-electron chi connectivity index (χ0n) is 16.1. The second kappa shape index (κ2) is 9.51. The quantitative estimate of drug-likeness (QED) is 0.693. The monoisotopic (exact) mass is 381 g/mol. The van der Waals surface area contributed by atoms with Gasteiger partial charge in [-0.05, 0) is 24.5 Å². The number of carbonyl (C=O) groups excluding carboxylic acids is 1. The maximum absolute atomic E-state index is 12.7. The van der Waals surface area contributed by atoms with E-state index in [0.717, 1.165) is 19.3 Å². The molecule has 1 aliphatic heterocycles. The molecule has 0 aliphatic carbocycles. The number of hydrogen-bond donors (Lipinski definition) is 0. The first-order chi connectivity index (χ1) is 12.3. The van der Waals surface area contributed by atoms with E-state index < -0.39 is 9.84 Å². The van der Waals surface area contributed by atoms with Crippen molar-refractivity contribution in [3.05, 3.63) is 30.3 Å². The Morgan fingerprint density at radius 3 is 2.54 bits per heavy atom. The van der Waals surface area contributed by atoms with Gasteiger partial charge in [-0.2, -0.15) is 0 Å². The van der Waals surface area contributed by atoms with Gasteiger partial charge in [0.2, 0.25) is 5.91 Å². The summed E-state index contributed by atoms with van der Waals surface area (Å²) in [7, 11) is -3.43. The molecule has 0 spiro atoms. The van der Waals surface area contributed by atoms with Gasteiger partial charge < -0.3 is 9.64 Å². The molecule has 1 aromatic carbocycles. The minimum atomic E-state index is -3.43. The first-order valence-corrected chi connectivity index (χ1v) is 11.2. The van der Waals surface area contributed by atoms with Crippen LogP contribution in [0.1, 0.15) is 46.5 Å². The fourth-order valence-electron chi connectivity index (χ4n) is 3.16. The van der Waals surface area contributed by atoms with Crippen LogP contribution < -0.4 is 0 Å². The Hall–Kier alpha value is -1.40. The number of morpholine rings is 1. The van der Waals surface area contributed by atoms with Crippen molar-refractivity contribution < 1.29 is 17.9 Å². The molecule has 26 heavy (non-hydrogen) atoms. The zero-order chi connectivity index (χ0) is 19.2. The summed E-state index contributed by atoms with van der Waals surface area (Å²) in [5, 5.41) is 0. The second-order valence-electron chi connectivity index (χ2n) is 7.36. The highest BCUT2D eigenvalue weighted by Gasteiger charge is 2.32. The number of unbranched alkanes of at least 4 members (excludes halogenated alkanes) is 1. The van der Waals surface area contributed by atoms with E-state index in [1.54, 1.807) is 35.2 Å². The third kappa shape index (κ3) is 5.81. The molecular weight excluding hydrogens is 350 g/mol. The van der Waals surface area contributed by atoms with Crippen molar-refractivity contribution in [3.8, 4) is 0 Å². The third-order valence-corrected chi connectivity index (χ3v) is 6.59. The molecule has 1 aliphatic rings. The molecule has 146 valence electrons. The van der Waals surface area contributed by atoms with Crippen LogP contribution in [0.4, 0.5) is 0 Å². The highest BCUT2D eigenvalue weighted by atomic mass is 32.2. The van der Waals surface area contributed by atoms with Crippen molar-refractivity contribution in [2.75, 3.05) is 18.8 Å². The maximum Gasteiger partial charge on any atom is 0.223 e. The summed E-state index contributed by atoms with van der Waals surface area (Å²) in [6.45, 7) is 7.43. The van der Waals surface area contributed by atoms with Gasteiger partial charge in [0.15, 0.2) is 9.84 Å². The Morgan fingerprint density at radius 1 is 1.23 bits per heavy atom. The molecule has 1 amide bonds. The van der Waals surface area contributed by atoms with Crippen LogP contribution in [0.2, 0.25) is 0 Å². The smallest absolute Gasteiger partial charge is 0.223 e. The lowest BCUT2D eigenvalue weighted by Gasteiger charge is -2.40. The van der Waals surface area contributed by atoms with Gasteiger partial charge in [0.05, 0.1) is 22.9 Å². The van der Waals surface area contributed by atoms with Crippen LogP contribution in [0.5, 0.6) is 0 Å². The average Bonchev–Trinajstić information content (AvgIpc) is 2.65. The van der Waals surface area contributed by atoms with E-state index in [-0.39, 0.29) is 35.2 Å². The SMILES string of the molecule is CCCC[C@@H]1CN(C(=O)CCS(=O)(=O)c2ccccc2)C[C@H](C(C)C)O1. The third-order valence-electron chi connectivity index (χ3n) is 4.85. The minimum Gasteiger partial charge on any atom is -0.371 e. The van der Waals surface area contributed by atoms with Gasteiger partial charge in [0, 0.05) is 19.5 Å². The number of carbonyl (C=O) groups is 1. The summed E-state index contributed by atoms with van der Waals surface area (Å²) >= 11 is 0. The Bertz CT molecular complexity index is 672. The van der Waals surface area contributed by atoms with Crippen molar-refractivity contribution in [2.24, 2.45) is 5.92 Å². The second-order valence-corrected chi connectivity index (χ2v) is 9.47. The van der Waals surface area contributed by atoms with E-state index in [0.29, 0.717) is 19.0 Å². The number of hydrogen-bond acceptors (Lipinski definition) is 4. The topological polar surface area (TPSA) is 63.7 Å². The summed E-state index contributed by atoms with van der Waals surface area (Å²) in [6, 6.07) is 8.32. The molecule has 5 nitrogen and oxygen atoms in total. The van der Waals surface area contributed by atoms with Gasteiger partial charge >= 0.3 is 0 Å². The lowest BCUT2D eigenvalue weighted by molar-refractivity contribution is -0.149. The highest BCUT2D eigenvalue weighted by Crippen LogP contribution is 2.22. The normalized spacial score (nSPS) is 21.2. The molecule has 0 N–H and O–H groups in total. The molecule has 1 aromatic rings. The van der Waals surface area contributed by atoms with Crippen molar-refractivity contribution in [1.82, 2.24) is 4.90 Å². The summed E-state index contributed by atoms with van der Waals surface area (Å²) in [5.41, 5.74) is 0. The van der Waals surface area contributed by atoms with Crippen LogP contribution in [0.3, 0.4) is 0 Å². The number of sulfone groups is 1.